The van der Waals surface area contributed by atoms with Crippen molar-refractivity contribution in [3.05, 3.63) is 23.8 Å². The molecule has 1 aromatic heterocycles. The molecule has 1 amide bonds. The summed E-state index contributed by atoms with van der Waals surface area (Å²) in [6, 6.07) is 1.96. The van der Waals surface area contributed by atoms with E-state index in [0.717, 1.165) is 31.0 Å². The van der Waals surface area contributed by atoms with Gasteiger partial charge in [-0.1, -0.05) is 6.92 Å². The first-order chi connectivity index (χ1) is 7.70. The molecule has 2 rings (SSSR count). The van der Waals surface area contributed by atoms with Gasteiger partial charge in [0.05, 0.1) is 0 Å². The average molecular weight is 219 g/mol. The molecule has 0 spiro atoms. The van der Waals surface area contributed by atoms with Crippen molar-refractivity contribution in [3.8, 4) is 0 Å². The van der Waals surface area contributed by atoms with Gasteiger partial charge in [0.25, 0.3) is 0 Å². The van der Waals surface area contributed by atoms with E-state index < -0.39 is 0 Å². The molecule has 0 unspecified atom stereocenters. The largest absolute Gasteiger partial charge is 0.342 e. The maximum absolute atomic E-state index is 11.6. The number of carbonyl (C=O) groups excluding carboxylic acids is 1. The zero-order chi connectivity index (χ0) is 11.5. The fraction of sp³-hybridized carbons (Fsp3) is 0.583. The van der Waals surface area contributed by atoms with Gasteiger partial charge in [-0.25, -0.2) is 9.97 Å². The second kappa shape index (κ2) is 4.60. The minimum Gasteiger partial charge on any atom is -0.342 e. The Kier molecular flexibility index (Phi) is 3.17. The van der Waals surface area contributed by atoms with Crippen LogP contribution in [0.2, 0.25) is 0 Å². The third kappa shape index (κ3) is 2.21. The topological polar surface area (TPSA) is 46.1 Å². The molecule has 1 fully saturated rings. The van der Waals surface area contributed by atoms with Gasteiger partial charge in [-0.3, -0.25) is 4.79 Å². The first-order valence-electron chi connectivity index (χ1n) is 5.78. The van der Waals surface area contributed by atoms with Crippen LogP contribution in [-0.2, 0) is 4.79 Å². The van der Waals surface area contributed by atoms with Crippen LogP contribution in [0.1, 0.15) is 37.2 Å². The molecule has 86 valence electrons. The molecule has 0 bridgehead atoms. The zero-order valence-electron chi connectivity index (χ0n) is 9.81. The van der Waals surface area contributed by atoms with E-state index in [1.165, 1.54) is 0 Å². The summed E-state index contributed by atoms with van der Waals surface area (Å²) in [6.07, 6.45) is 3.40. The van der Waals surface area contributed by atoms with Crippen molar-refractivity contribution < 1.29 is 4.79 Å². The van der Waals surface area contributed by atoms with Crippen LogP contribution in [0.4, 0.5) is 0 Å². The third-order valence-electron chi connectivity index (χ3n) is 3.06. The lowest BCUT2D eigenvalue weighted by Gasteiger charge is -2.15. The first kappa shape index (κ1) is 11.0. The Morgan fingerprint density at radius 3 is 3.12 bits per heavy atom. The molecule has 1 aliphatic rings. The quantitative estimate of drug-likeness (QED) is 0.757. The van der Waals surface area contributed by atoms with E-state index in [9.17, 15) is 4.79 Å². The van der Waals surface area contributed by atoms with Crippen molar-refractivity contribution in [1.29, 1.82) is 0 Å². The van der Waals surface area contributed by atoms with Gasteiger partial charge in [0.15, 0.2) is 0 Å². The van der Waals surface area contributed by atoms with Crippen LogP contribution in [0.15, 0.2) is 12.3 Å². The maximum Gasteiger partial charge on any atom is 0.222 e. The van der Waals surface area contributed by atoms with Gasteiger partial charge >= 0.3 is 0 Å². The van der Waals surface area contributed by atoms with Gasteiger partial charge < -0.3 is 4.90 Å². The summed E-state index contributed by atoms with van der Waals surface area (Å²) in [4.78, 5) is 22.0. The highest BCUT2D eigenvalue weighted by molar-refractivity contribution is 5.76. The number of hydrogen-bond acceptors (Lipinski definition) is 3. The second-order valence-corrected chi connectivity index (χ2v) is 4.21. The van der Waals surface area contributed by atoms with E-state index in [2.05, 4.69) is 9.97 Å². The minimum atomic E-state index is 0.244. The summed E-state index contributed by atoms with van der Waals surface area (Å²) in [5.74, 6) is 1.43. The van der Waals surface area contributed by atoms with Gasteiger partial charge in [-0.05, 0) is 19.4 Å². The molecule has 0 aliphatic carbocycles. The van der Waals surface area contributed by atoms with E-state index in [4.69, 9.17) is 0 Å². The number of nitrogens with zero attached hydrogens (tertiary/aromatic N) is 3. The summed E-state index contributed by atoms with van der Waals surface area (Å²) in [6.45, 7) is 5.47. The van der Waals surface area contributed by atoms with E-state index in [1.54, 1.807) is 6.20 Å². The molecule has 1 aliphatic heterocycles. The minimum absolute atomic E-state index is 0.244. The lowest BCUT2D eigenvalue weighted by Crippen LogP contribution is -2.27. The fourth-order valence-corrected chi connectivity index (χ4v) is 2.15. The summed E-state index contributed by atoms with van der Waals surface area (Å²) in [7, 11) is 0. The van der Waals surface area contributed by atoms with Gasteiger partial charge in [0, 0.05) is 37.3 Å². The summed E-state index contributed by atoms with van der Waals surface area (Å²) in [5.41, 5.74) is 1.07. The number of carbonyl (C=O) groups is 1. The second-order valence-electron chi connectivity index (χ2n) is 4.21. The molecule has 16 heavy (non-hydrogen) atoms. The smallest absolute Gasteiger partial charge is 0.222 e. The van der Waals surface area contributed by atoms with E-state index >= 15 is 0 Å². The lowest BCUT2D eigenvalue weighted by atomic mass is 10.1. The Morgan fingerprint density at radius 1 is 1.62 bits per heavy atom. The molecular weight excluding hydrogens is 202 g/mol. The van der Waals surface area contributed by atoms with Crippen LogP contribution in [0.25, 0.3) is 0 Å². The Balaban J connectivity index is 2.06. The number of amides is 1. The summed E-state index contributed by atoms with van der Waals surface area (Å²) >= 11 is 0. The molecule has 4 nitrogen and oxygen atoms in total. The molecule has 0 radical (unpaired) electrons. The molecule has 0 aromatic carbocycles. The zero-order valence-corrected chi connectivity index (χ0v) is 9.81. The van der Waals surface area contributed by atoms with Crippen LogP contribution >= 0.6 is 0 Å². The molecular formula is C12H17N3O. The molecule has 0 saturated carbocycles. The van der Waals surface area contributed by atoms with Crippen molar-refractivity contribution in [2.45, 2.75) is 32.6 Å². The average Bonchev–Trinajstić information content (AvgIpc) is 2.77. The fourth-order valence-electron chi connectivity index (χ4n) is 2.15. The monoisotopic (exact) mass is 219 g/mol. The van der Waals surface area contributed by atoms with Crippen molar-refractivity contribution in [1.82, 2.24) is 14.9 Å². The van der Waals surface area contributed by atoms with Crippen LogP contribution < -0.4 is 0 Å². The van der Waals surface area contributed by atoms with Gasteiger partial charge in [0.1, 0.15) is 5.82 Å². The molecule has 1 atom stereocenters. The highest BCUT2D eigenvalue weighted by Gasteiger charge is 2.27. The van der Waals surface area contributed by atoms with Gasteiger partial charge in [-0.2, -0.15) is 0 Å². The predicted octanol–water partition coefficient (Wildman–Crippen LogP) is 1.51. The van der Waals surface area contributed by atoms with Crippen LogP contribution in [0, 0.1) is 6.92 Å². The van der Waals surface area contributed by atoms with Crippen molar-refractivity contribution in [2.24, 2.45) is 0 Å². The van der Waals surface area contributed by atoms with Crippen molar-refractivity contribution >= 4 is 5.91 Å². The molecule has 0 N–H and O–H groups in total. The normalized spacial score (nSPS) is 20.1. The number of likely N-dealkylation sites (tertiary alicyclic amines) is 1. The molecule has 4 heteroatoms. The van der Waals surface area contributed by atoms with Crippen LogP contribution in [0.3, 0.4) is 0 Å². The van der Waals surface area contributed by atoms with E-state index in [-0.39, 0.29) is 5.91 Å². The highest BCUT2D eigenvalue weighted by atomic mass is 16.2. The number of rotatable bonds is 2. The number of aryl methyl sites for hydroxylation is 1. The Morgan fingerprint density at radius 2 is 2.44 bits per heavy atom. The first-order valence-corrected chi connectivity index (χ1v) is 5.78. The molecule has 2 heterocycles. The highest BCUT2D eigenvalue weighted by Crippen LogP contribution is 2.25. The van der Waals surface area contributed by atoms with Crippen LogP contribution in [0.5, 0.6) is 0 Å². The van der Waals surface area contributed by atoms with Crippen molar-refractivity contribution in [3.63, 3.8) is 0 Å². The Hall–Kier alpha value is -1.45. The number of hydrogen-bond donors (Lipinski definition) is 0. The third-order valence-corrected chi connectivity index (χ3v) is 3.06. The number of aromatic nitrogens is 2. The van der Waals surface area contributed by atoms with E-state index in [0.29, 0.717) is 12.3 Å². The predicted molar refractivity (Wildman–Crippen MR) is 61.0 cm³/mol. The molecule has 1 aromatic rings. The Bertz CT molecular complexity index is 392. The Labute approximate surface area is 95.7 Å². The standard InChI is InChI=1S/C12H17N3O/c1-3-12(16)15-7-5-10(8-15)11-4-6-13-9(2)14-11/h4,6,10H,3,5,7-8H2,1-2H3/t10-/m1/s1. The summed E-state index contributed by atoms with van der Waals surface area (Å²) in [5, 5.41) is 0. The summed E-state index contributed by atoms with van der Waals surface area (Å²) < 4.78 is 0. The SMILES string of the molecule is CCC(=O)N1CC[C@@H](c2ccnc(C)n2)C1. The lowest BCUT2D eigenvalue weighted by molar-refractivity contribution is -0.129. The van der Waals surface area contributed by atoms with E-state index in [1.807, 2.05) is 24.8 Å². The maximum atomic E-state index is 11.6. The molecule has 1 saturated heterocycles. The van der Waals surface area contributed by atoms with Gasteiger partial charge in [-0.15, -0.1) is 0 Å². The van der Waals surface area contributed by atoms with Crippen LogP contribution in [-0.4, -0.2) is 33.9 Å². The van der Waals surface area contributed by atoms with Gasteiger partial charge in [0.2, 0.25) is 5.91 Å². The van der Waals surface area contributed by atoms with Crippen molar-refractivity contribution in [2.75, 3.05) is 13.1 Å².